The van der Waals surface area contributed by atoms with Crippen LogP contribution in [0.4, 0.5) is 5.69 Å². The normalized spacial score (nSPS) is 10.6. The molecule has 0 fully saturated rings. The van der Waals surface area contributed by atoms with E-state index in [-0.39, 0.29) is 22.9 Å². The monoisotopic (exact) mass is 357 g/mol. The Labute approximate surface area is 127 Å². The van der Waals surface area contributed by atoms with Gasteiger partial charge < -0.3 is 0 Å². The highest BCUT2D eigenvalue weighted by Crippen LogP contribution is 2.24. The first-order chi connectivity index (χ1) is 9.38. The van der Waals surface area contributed by atoms with E-state index in [1.54, 1.807) is 19.1 Å². The fourth-order valence-corrected chi connectivity index (χ4v) is 2.35. The predicted molar refractivity (Wildman–Crippen MR) is 78.1 cm³/mol. The third kappa shape index (κ3) is 3.05. The van der Waals surface area contributed by atoms with Gasteiger partial charge in [0.05, 0.1) is 11.5 Å². The first kappa shape index (κ1) is 14.7. The molecule has 0 radical (unpaired) electrons. The quantitative estimate of drug-likeness (QED) is 0.480. The van der Waals surface area contributed by atoms with Crippen molar-refractivity contribution in [3.63, 3.8) is 0 Å². The zero-order valence-corrected chi connectivity index (χ0v) is 12.7. The van der Waals surface area contributed by atoms with E-state index in [0.717, 1.165) is 0 Å². The zero-order valence-electron chi connectivity index (χ0n) is 10.3. The van der Waals surface area contributed by atoms with Crippen molar-refractivity contribution in [2.45, 2.75) is 13.5 Å². The van der Waals surface area contributed by atoms with Gasteiger partial charge in [-0.15, -0.1) is 0 Å². The van der Waals surface area contributed by atoms with Crippen LogP contribution in [-0.2, 0) is 6.54 Å². The van der Waals surface area contributed by atoms with Crippen LogP contribution in [0.15, 0.2) is 33.5 Å². The second kappa shape index (κ2) is 5.72. The fraction of sp³-hybridized carbons (Fsp3) is 0.167. The molecule has 104 valence electrons. The van der Waals surface area contributed by atoms with Crippen molar-refractivity contribution in [1.82, 2.24) is 9.55 Å². The Morgan fingerprint density at radius 3 is 2.75 bits per heavy atom. The van der Waals surface area contributed by atoms with Crippen molar-refractivity contribution < 1.29 is 4.92 Å². The summed E-state index contributed by atoms with van der Waals surface area (Å²) in [6.07, 6.45) is 0. The van der Waals surface area contributed by atoms with Gasteiger partial charge in [0.1, 0.15) is 11.0 Å². The van der Waals surface area contributed by atoms with Crippen LogP contribution in [-0.4, -0.2) is 14.5 Å². The van der Waals surface area contributed by atoms with Gasteiger partial charge in [-0.3, -0.25) is 19.5 Å². The Morgan fingerprint density at radius 1 is 1.45 bits per heavy atom. The van der Waals surface area contributed by atoms with Gasteiger partial charge in [0.2, 0.25) is 0 Å². The Morgan fingerprint density at radius 2 is 2.15 bits per heavy atom. The summed E-state index contributed by atoms with van der Waals surface area (Å²) < 4.78 is 1.94. The summed E-state index contributed by atoms with van der Waals surface area (Å²) in [6, 6.07) is 5.87. The molecule has 0 saturated heterocycles. The average molecular weight is 359 g/mol. The lowest BCUT2D eigenvalue weighted by atomic mass is 10.2. The molecule has 1 aromatic carbocycles. The first-order valence-electron chi connectivity index (χ1n) is 5.55. The number of nitrogens with zero attached hydrogens (tertiary/aromatic N) is 3. The molecule has 8 heteroatoms. The lowest BCUT2D eigenvalue weighted by Gasteiger charge is -2.09. The lowest BCUT2D eigenvalue weighted by Crippen LogP contribution is -2.23. The van der Waals surface area contributed by atoms with Gasteiger partial charge in [0.25, 0.3) is 11.2 Å². The van der Waals surface area contributed by atoms with Crippen molar-refractivity contribution in [1.29, 1.82) is 0 Å². The van der Waals surface area contributed by atoms with Crippen LogP contribution in [0.2, 0.25) is 5.15 Å². The number of benzene rings is 1. The Bertz CT molecular complexity index is 745. The van der Waals surface area contributed by atoms with Crippen molar-refractivity contribution in [2.24, 2.45) is 0 Å². The highest BCUT2D eigenvalue weighted by Gasteiger charge is 2.16. The van der Waals surface area contributed by atoms with E-state index in [4.69, 9.17) is 11.6 Å². The second-order valence-corrected chi connectivity index (χ2v) is 5.38. The zero-order chi connectivity index (χ0) is 14.9. The summed E-state index contributed by atoms with van der Waals surface area (Å²) in [7, 11) is 0. The molecule has 0 amide bonds. The summed E-state index contributed by atoms with van der Waals surface area (Å²) in [5.74, 6) is 0.403. The molecular weight excluding hydrogens is 350 g/mol. The number of nitro groups is 1. The van der Waals surface area contributed by atoms with Crippen molar-refractivity contribution in [3.05, 3.63) is 65.7 Å². The van der Waals surface area contributed by atoms with Gasteiger partial charge >= 0.3 is 0 Å². The smallest absolute Gasteiger partial charge is 0.275 e. The maximum absolute atomic E-state index is 11.9. The molecule has 0 bridgehead atoms. The molecule has 0 N–H and O–H groups in total. The molecule has 0 spiro atoms. The topological polar surface area (TPSA) is 78.0 Å². The number of nitro benzene ring substituents is 1. The maximum Gasteiger partial charge on any atom is 0.275 e. The number of halogens is 2. The first-order valence-corrected chi connectivity index (χ1v) is 6.72. The SMILES string of the molecule is Cc1nc(Cl)cc(=O)n1Cc1ccc(Br)cc1[N+](=O)[O-]. The van der Waals surface area contributed by atoms with Gasteiger partial charge in [0, 0.05) is 22.2 Å². The van der Waals surface area contributed by atoms with Gasteiger partial charge in [-0.1, -0.05) is 27.5 Å². The van der Waals surface area contributed by atoms with Gasteiger partial charge in [-0.2, -0.15) is 0 Å². The third-order valence-corrected chi connectivity index (χ3v) is 3.43. The van der Waals surface area contributed by atoms with E-state index in [1.807, 2.05) is 0 Å². The largest absolute Gasteiger partial charge is 0.292 e. The number of aryl methyl sites for hydroxylation is 1. The van der Waals surface area contributed by atoms with Crippen LogP contribution in [0.3, 0.4) is 0 Å². The minimum atomic E-state index is -0.482. The molecule has 1 aromatic heterocycles. The molecule has 0 unspecified atom stereocenters. The summed E-state index contributed by atoms with van der Waals surface area (Å²) in [5, 5.41) is 11.2. The lowest BCUT2D eigenvalue weighted by molar-refractivity contribution is -0.385. The molecule has 2 aromatic rings. The van der Waals surface area contributed by atoms with Crippen LogP contribution in [0.25, 0.3) is 0 Å². The van der Waals surface area contributed by atoms with E-state index < -0.39 is 4.92 Å². The average Bonchev–Trinajstić information content (AvgIpc) is 2.34. The Kier molecular flexibility index (Phi) is 4.20. The van der Waals surface area contributed by atoms with E-state index in [1.165, 1.54) is 16.7 Å². The van der Waals surface area contributed by atoms with E-state index >= 15 is 0 Å². The highest BCUT2D eigenvalue weighted by molar-refractivity contribution is 9.10. The van der Waals surface area contributed by atoms with Gasteiger partial charge in [-0.25, -0.2) is 4.98 Å². The molecule has 0 aliphatic carbocycles. The minimum Gasteiger partial charge on any atom is -0.292 e. The fourth-order valence-electron chi connectivity index (χ4n) is 1.79. The summed E-state index contributed by atoms with van der Waals surface area (Å²) in [5.41, 5.74) is 0.0212. The van der Waals surface area contributed by atoms with Crippen LogP contribution in [0.1, 0.15) is 11.4 Å². The van der Waals surface area contributed by atoms with E-state index in [0.29, 0.717) is 15.9 Å². The number of hydrogen-bond donors (Lipinski definition) is 0. The molecule has 0 atom stereocenters. The minimum absolute atomic E-state index is 0.0550. The van der Waals surface area contributed by atoms with E-state index in [9.17, 15) is 14.9 Å². The van der Waals surface area contributed by atoms with Crippen LogP contribution in [0.5, 0.6) is 0 Å². The summed E-state index contributed by atoms with van der Waals surface area (Å²) in [4.78, 5) is 26.4. The van der Waals surface area contributed by atoms with Crippen LogP contribution >= 0.6 is 27.5 Å². The van der Waals surface area contributed by atoms with Crippen molar-refractivity contribution in [2.75, 3.05) is 0 Å². The van der Waals surface area contributed by atoms with E-state index in [2.05, 4.69) is 20.9 Å². The highest BCUT2D eigenvalue weighted by atomic mass is 79.9. The number of rotatable bonds is 3. The number of aromatic nitrogens is 2. The van der Waals surface area contributed by atoms with Crippen LogP contribution < -0.4 is 5.56 Å². The summed E-state index contributed by atoms with van der Waals surface area (Å²) >= 11 is 8.87. The molecule has 6 nitrogen and oxygen atoms in total. The molecule has 1 heterocycles. The predicted octanol–water partition coefficient (Wildman–Crippen LogP) is 2.92. The third-order valence-electron chi connectivity index (χ3n) is 2.74. The molecule has 20 heavy (non-hydrogen) atoms. The van der Waals surface area contributed by atoms with Gasteiger partial charge in [-0.05, 0) is 19.1 Å². The molecule has 0 aliphatic rings. The molecule has 0 aliphatic heterocycles. The molecular formula is C12H9BrClN3O3. The van der Waals surface area contributed by atoms with Crippen molar-refractivity contribution >= 4 is 33.2 Å². The Balaban J connectivity index is 2.51. The second-order valence-electron chi connectivity index (χ2n) is 4.08. The number of hydrogen-bond acceptors (Lipinski definition) is 4. The molecule has 0 saturated carbocycles. The van der Waals surface area contributed by atoms with Crippen molar-refractivity contribution in [3.8, 4) is 0 Å². The van der Waals surface area contributed by atoms with Crippen LogP contribution in [0, 0.1) is 17.0 Å². The summed E-state index contributed by atoms with van der Waals surface area (Å²) in [6.45, 7) is 1.69. The van der Waals surface area contributed by atoms with Gasteiger partial charge in [0.15, 0.2) is 0 Å². The standard InChI is InChI=1S/C12H9BrClN3O3/c1-7-15-11(14)5-12(18)16(7)6-8-2-3-9(13)4-10(8)17(19)20/h2-5H,6H2,1H3. The maximum atomic E-state index is 11.9. The Hall–Kier alpha value is -1.73. The molecule has 2 rings (SSSR count).